The normalized spacial score (nSPS) is 13.8. The molecule has 0 aliphatic carbocycles. The number of amides is 2. The van der Waals surface area contributed by atoms with Gasteiger partial charge in [-0.2, -0.15) is 0 Å². The van der Waals surface area contributed by atoms with Gasteiger partial charge in [0.1, 0.15) is 5.60 Å². The lowest BCUT2D eigenvalue weighted by Gasteiger charge is -2.33. The van der Waals surface area contributed by atoms with Crippen molar-refractivity contribution in [3.8, 4) is 0 Å². The number of hydrogen-bond donors (Lipinski definition) is 3. The molecule has 6 nitrogen and oxygen atoms in total. The highest BCUT2D eigenvalue weighted by atomic mass is 35.5. The Balaban J connectivity index is 2.63. The van der Waals surface area contributed by atoms with Crippen molar-refractivity contribution in [3.63, 3.8) is 0 Å². The van der Waals surface area contributed by atoms with Crippen LogP contribution in [0.3, 0.4) is 0 Å². The van der Waals surface area contributed by atoms with Gasteiger partial charge in [-0.3, -0.25) is 4.79 Å². The van der Waals surface area contributed by atoms with Gasteiger partial charge in [0.2, 0.25) is 5.91 Å². The topological polar surface area (TPSA) is 79.5 Å². The molecule has 7 heteroatoms. The molecular weight excluding hydrogens is 366 g/mol. The summed E-state index contributed by atoms with van der Waals surface area (Å²) >= 11 is 6.07. The van der Waals surface area contributed by atoms with Crippen LogP contribution in [0.1, 0.15) is 48.0 Å². The molecule has 0 aliphatic rings. The van der Waals surface area contributed by atoms with Crippen LogP contribution in [0.2, 0.25) is 5.02 Å². The average molecular weight is 398 g/mol. The number of anilines is 1. The summed E-state index contributed by atoms with van der Waals surface area (Å²) < 4.78 is 5.28. The summed E-state index contributed by atoms with van der Waals surface area (Å²) in [7, 11) is 0. The number of halogens is 1. The minimum atomic E-state index is -0.555. The van der Waals surface area contributed by atoms with Crippen LogP contribution in [0.15, 0.2) is 24.3 Å². The Morgan fingerprint density at radius 3 is 2.33 bits per heavy atom. The molecule has 0 aromatic heterocycles. The van der Waals surface area contributed by atoms with E-state index < -0.39 is 17.2 Å². The molecule has 27 heavy (non-hydrogen) atoms. The number of benzene rings is 1. The molecule has 152 valence electrons. The first-order valence-electron chi connectivity index (χ1n) is 9.16. The average Bonchev–Trinajstić information content (AvgIpc) is 2.51. The monoisotopic (exact) mass is 397 g/mol. The van der Waals surface area contributed by atoms with Gasteiger partial charge in [0.05, 0.1) is 17.3 Å². The molecule has 0 bridgehead atoms. The van der Waals surface area contributed by atoms with Crippen molar-refractivity contribution in [3.05, 3.63) is 29.3 Å². The fourth-order valence-corrected chi connectivity index (χ4v) is 2.92. The first-order chi connectivity index (χ1) is 12.4. The summed E-state index contributed by atoms with van der Waals surface area (Å²) in [6.07, 6.45) is 0.308. The van der Waals surface area contributed by atoms with Gasteiger partial charge in [-0.25, -0.2) is 4.79 Å². The molecule has 0 aliphatic heterocycles. The van der Waals surface area contributed by atoms with Crippen LogP contribution >= 0.6 is 11.6 Å². The number of para-hydroxylation sites is 1. The van der Waals surface area contributed by atoms with E-state index in [2.05, 4.69) is 29.8 Å². The van der Waals surface area contributed by atoms with Crippen LogP contribution < -0.4 is 16.0 Å². The maximum Gasteiger partial charge on any atom is 0.407 e. The molecule has 3 N–H and O–H groups in total. The smallest absolute Gasteiger partial charge is 0.407 e. The fraction of sp³-hybridized carbons (Fsp3) is 0.600. The minimum absolute atomic E-state index is 0.102. The van der Waals surface area contributed by atoms with Gasteiger partial charge in [0, 0.05) is 12.1 Å². The van der Waals surface area contributed by atoms with E-state index in [0.29, 0.717) is 23.2 Å². The van der Waals surface area contributed by atoms with E-state index in [1.165, 1.54) is 0 Å². The zero-order chi connectivity index (χ0) is 20.7. The SMILES string of the molecule is CC(C)C[C@](C)(CNC(=O)OC(C)(C)C)NCC(=O)Nc1ccccc1Cl. The Kier molecular flexibility index (Phi) is 8.57. The summed E-state index contributed by atoms with van der Waals surface area (Å²) in [6.45, 7) is 12.1. The Hall–Kier alpha value is -1.79. The van der Waals surface area contributed by atoms with Crippen molar-refractivity contribution in [2.24, 2.45) is 5.92 Å². The fourth-order valence-electron chi connectivity index (χ4n) is 2.74. The van der Waals surface area contributed by atoms with Gasteiger partial charge in [-0.15, -0.1) is 0 Å². The molecule has 0 radical (unpaired) electrons. The van der Waals surface area contributed by atoms with E-state index in [9.17, 15) is 9.59 Å². The highest BCUT2D eigenvalue weighted by molar-refractivity contribution is 6.33. The van der Waals surface area contributed by atoms with Crippen molar-refractivity contribution in [2.75, 3.05) is 18.4 Å². The molecule has 1 rings (SSSR count). The Labute approximate surface area is 167 Å². The van der Waals surface area contributed by atoms with Gasteiger partial charge in [0.15, 0.2) is 0 Å². The van der Waals surface area contributed by atoms with Crippen LogP contribution in [0.25, 0.3) is 0 Å². The minimum Gasteiger partial charge on any atom is -0.444 e. The van der Waals surface area contributed by atoms with Gasteiger partial charge in [-0.1, -0.05) is 37.6 Å². The van der Waals surface area contributed by atoms with Crippen LogP contribution in [0, 0.1) is 5.92 Å². The maximum atomic E-state index is 12.3. The second-order valence-electron chi connectivity index (χ2n) is 8.40. The summed E-state index contributed by atoms with van der Waals surface area (Å²) in [4.78, 5) is 24.2. The van der Waals surface area contributed by atoms with Gasteiger partial charge >= 0.3 is 6.09 Å². The van der Waals surface area contributed by atoms with Crippen molar-refractivity contribution in [1.29, 1.82) is 0 Å². The van der Waals surface area contributed by atoms with Crippen LogP contribution in [0.4, 0.5) is 10.5 Å². The predicted molar refractivity (Wildman–Crippen MR) is 110 cm³/mol. The van der Waals surface area contributed by atoms with E-state index in [-0.39, 0.29) is 12.5 Å². The standard InChI is InChI=1S/C20H32ClN3O3/c1-14(2)11-20(6,13-22-18(26)27-19(3,4)5)23-12-17(25)24-16-10-8-7-9-15(16)21/h7-10,14,23H,11-13H2,1-6H3,(H,22,26)(H,24,25)/t20-/m1/s1. The molecule has 0 spiro atoms. The number of rotatable bonds is 8. The lowest BCUT2D eigenvalue weighted by Crippen LogP contribution is -2.54. The second-order valence-corrected chi connectivity index (χ2v) is 8.80. The molecule has 0 saturated carbocycles. The predicted octanol–water partition coefficient (Wildman–Crippen LogP) is 4.20. The lowest BCUT2D eigenvalue weighted by atomic mass is 9.90. The third-order valence-corrected chi connectivity index (χ3v) is 4.03. The molecule has 0 unspecified atom stereocenters. The van der Waals surface area contributed by atoms with Crippen molar-refractivity contribution in [2.45, 2.75) is 59.1 Å². The lowest BCUT2D eigenvalue weighted by molar-refractivity contribution is -0.115. The molecule has 2 amide bonds. The van der Waals surface area contributed by atoms with E-state index in [1.54, 1.807) is 18.2 Å². The second kappa shape index (κ2) is 9.95. The number of ether oxygens (including phenoxy) is 1. The highest BCUT2D eigenvalue weighted by Crippen LogP contribution is 2.20. The number of nitrogens with one attached hydrogen (secondary N) is 3. The van der Waals surface area contributed by atoms with Crippen molar-refractivity contribution in [1.82, 2.24) is 10.6 Å². The van der Waals surface area contributed by atoms with Crippen LogP contribution in [0.5, 0.6) is 0 Å². The third-order valence-electron chi connectivity index (χ3n) is 3.70. The van der Waals surface area contributed by atoms with Gasteiger partial charge in [-0.05, 0) is 52.2 Å². The molecule has 0 saturated heterocycles. The van der Waals surface area contributed by atoms with Crippen LogP contribution in [-0.2, 0) is 9.53 Å². The van der Waals surface area contributed by atoms with Gasteiger partial charge in [0.25, 0.3) is 0 Å². The molecule has 1 aromatic rings. The number of alkyl carbamates (subject to hydrolysis) is 1. The number of hydrogen-bond acceptors (Lipinski definition) is 4. The zero-order valence-electron chi connectivity index (χ0n) is 17.1. The zero-order valence-corrected chi connectivity index (χ0v) is 17.9. The summed E-state index contributed by atoms with van der Waals surface area (Å²) in [5.41, 5.74) is -0.438. The van der Waals surface area contributed by atoms with Crippen molar-refractivity contribution < 1.29 is 14.3 Å². The number of carbonyl (C=O) groups is 2. The Morgan fingerprint density at radius 2 is 1.78 bits per heavy atom. The third kappa shape index (κ3) is 9.63. The summed E-state index contributed by atoms with van der Waals surface area (Å²) in [5, 5.41) is 9.33. The quantitative estimate of drug-likeness (QED) is 0.614. The first-order valence-corrected chi connectivity index (χ1v) is 9.54. The largest absolute Gasteiger partial charge is 0.444 e. The summed E-state index contributed by atoms with van der Waals surface area (Å²) in [6, 6.07) is 7.08. The maximum absolute atomic E-state index is 12.3. The summed E-state index contributed by atoms with van der Waals surface area (Å²) in [5.74, 6) is 0.185. The van der Waals surface area contributed by atoms with Gasteiger partial charge < -0.3 is 20.7 Å². The van der Waals surface area contributed by atoms with Crippen LogP contribution in [-0.4, -0.2) is 36.2 Å². The molecule has 0 heterocycles. The van der Waals surface area contributed by atoms with E-state index in [0.717, 1.165) is 6.42 Å². The Morgan fingerprint density at radius 1 is 1.15 bits per heavy atom. The first kappa shape index (κ1) is 23.2. The number of carbonyl (C=O) groups excluding carboxylic acids is 2. The Bertz CT molecular complexity index is 644. The highest BCUT2D eigenvalue weighted by Gasteiger charge is 2.27. The van der Waals surface area contributed by atoms with E-state index >= 15 is 0 Å². The van der Waals surface area contributed by atoms with E-state index in [4.69, 9.17) is 16.3 Å². The molecule has 1 aromatic carbocycles. The van der Waals surface area contributed by atoms with Crippen molar-refractivity contribution >= 4 is 29.3 Å². The van der Waals surface area contributed by atoms with E-state index in [1.807, 2.05) is 33.8 Å². The molecule has 1 atom stereocenters. The molecule has 0 fully saturated rings. The molecular formula is C20H32ClN3O3.